The van der Waals surface area contributed by atoms with E-state index >= 15 is 0 Å². The summed E-state index contributed by atoms with van der Waals surface area (Å²) < 4.78 is 20.4. The Kier molecular flexibility index (Phi) is 4.71. The van der Waals surface area contributed by atoms with Gasteiger partial charge in [0.25, 0.3) is 0 Å². The van der Waals surface area contributed by atoms with Gasteiger partial charge in [-0.2, -0.15) is 0 Å². The third-order valence-corrected chi connectivity index (χ3v) is 3.72. The molecule has 0 unspecified atom stereocenters. The molecule has 0 bridgehead atoms. The third-order valence-electron chi connectivity index (χ3n) is 2.35. The average Bonchev–Trinajstić information content (AvgIpc) is 2.31. The van der Waals surface area contributed by atoms with Crippen LogP contribution in [0.1, 0.15) is 5.56 Å². The molecule has 0 saturated heterocycles. The second kappa shape index (κ2) is 6.11. The number of hydrogen-bond acceptors (Lipinski definition) is 2. The van der Waals surface area contributed by atoms with Crippen LogP contribution >= 0.6 is 43.5 Å². The first-order valence-electron chi connectivity index (χ1n) is 5.28. The summed E-state index contributed by atoms with van der Waals surface area (Å²) in [6.45, 7) is 0.281. The molecule has 0 spiro atoms. The zero-order valence-electron chi connectivity index (χ0n) is 9.59. The zero-order valence-corrected chi connectivity index (χ0v) is 13.5. The molecule has 0 aliphatic rings. The van der Waals surface area contributed by atoms with Gasteiger partial charge in [-0.1, -0.05) is 27.5 Å². The lowest BCUT2D eigenvalue weighted by Gasteiger charge is -2.10. The van der Waals surface area contributed by atoms with Gasteiger partial charge in [-0.05, 0) is 45.8 Å². The van der Waals surface area contributed by atoms with Crippen LogP contribution in [-0.2, 0) is 6.61 Å². The molecule has 0 atom stereocenters. The van der Waals surface area contributed by atoms with Crippen LogP contribution in [0.3, 0.4) is 0 Å². The second-order valence-corrected chi connectivity index (χ2v) is 6.06. The fourth-order valence-electron chi connectivity index (χ4n) is 1.53. The molecule has 0 saturated carbocycles. The fraction of sp³-hybridized carbons (Fsp3) is 0.0769. The first-order valence-corrected chi connectivity index (χ1v) is 7.24. The first kappa shape index (κ1) is 14.6. The van der Waals surface area contributed by atoms with E-state index in [0.29, 0.717) is 15.9 Å². The second-order valence-electron chi connectivity index (χ2n) is 3.88. The van der Waals surface area contributed by atoms with E-state index in [1.165, 1.54) is 12.1 Å². The molecule has 19 heavy (non-hydrogen) atoms. The summed E-state index contributed by atoms with van der Waals surface area (Å²) >= 11 is 12.3. The highest BCUT2D eigenvalue weighted by atomic mass is 79.9. The van der Waals surface area contributed by atoms with E-state index in [1.807, 2.05) is 6.07 Å². The Balaban J connectivity index is 2.16. The van der Waals surface area contributed by atoms with Crippen molar-refractivity contribution in [3.63, 3.8) is 0 Å². The molecule has 0 aliphatic heterocycles. The Morgan fingerprint density at radius 2 is 1.89 bits per heavy atom. The molecule has 2 aromatic rings. The number of nitrogen functional groups attached to an aromatic ring is 1. The minimum Gasteiger partial charge on any atom is -0.488 e. The molecule has 0 amide bonds. The number of nitrogens with two attached hydrogens (primary N) is 1. The van der Waals surface area contributed by atoms with E-state index in [9.17, 15) is 4.39 Å². The third kappa shape index (κ3) is 3.84. The normalized spacial score (nSPS) is 10.5. The van der Waals surface area contributed by atoms with E-state index in [1.54, 1.807) is 12.1 Å². The van der Waals surface area contributed by atoms with Crippen LogP contribution in [-0.4, -0.2) is 0 Å². The van der Waals surface area contributed by atoms with Gasteiger partial charge in [0.1, 0.15) is 18.2 Å². The number of hydrogen-bond donors (Lipinski definition) is 1. The van der Waals surface area contributed by atoms with Crippen molar-refractivity contribution in [2.75, 3.05) is 5.73 Å². The number of ether oxygens (including phenoxy) is 1. The van der Waals surface area contributed by atoms with E-state index < -0.39 is 5.82 Å². The summed E-state index contributed by atoms with van der Waals surface area (Å²) in [6, 6.07) is 8.18. The topological polar surface area (TPSA) is 35.2 Å². The maximum absolute atomic E-state index is 13.4. The average molecular weight is 409 g/mol. The van der Waals surface area contributed by atoms with Crippen LogP contribution in [0.2, 0.25) is 5.02 Å². The molecule has 2 nitrogen and oxygen atoms in total. The maximum Gasteiger partial charge on any atom is 0.145 e. The fourth-order valence-corrected chi connectivity index (χ4v) is 2.85. The predicted molar refractivity (Wildman–Crippen MR) is 82.0 cm³/mol. The van der Waals surface area contributed by atoms with Gasteiger partial charge >= 0.3 is 0 Å². The van der Waals surface area contributed by atoms with Crippen LogP contribution < -0.4 is 10.5 Å². The van der Waals surface area contributed by atoms with Crippen molar-refractivity contribution in [1.29, 1.82) is 0 Å². The number of benzene rings is 2. The molecule has 0 heterocycles. The zero-order chi connectivity index (χ0) is 14.0. The highest BCUT2D eigenvalue weighted by molar-refractivity contribution is 9.10. The first-order chi connectivity index (χ1) is 8.95. The summed E-state index contributed by atoms with van der Waals surface area (Å²) in [6.07, 6.45) is 0. The Morgan fingerprint density at radius 1 is 1.16 bits per heavy atom. The number of halogens is 4. The van der Waals surface area contributed by atoms with Crippen molar-refractivity contribution >= 4 is 49.1 Å². The lowest BCUT2D eigenvalue weighted by molar-refractivity contribution is 0.302. The van der Waals surface area contributed by atoms with Crippen LogP contribution in [0.25, 0.3) is 0 Å². The van der Waals surface area contributed by atoms with Gasteiger partial charge in [-0.15, -0.1) is 0 Å². The molecule has 2 N–H and O–H groups in total. The molecule has 6 heteroatoms. The molecule has 0 fully saturated rings. The van der Waals surface area contributed by atoms with Crippen LogP contribution in [0.5, 0.6) is 5.75 Å². The summed E-state index contributed by atoms with van der Waals surface area (Å²) in [5, 5.41) is 0.0472. The molecule has 0 aromatic heterocycles. The minimum atomic E-state index is -0.520. The van der Waals surface area contributed by atoms with Crippen molar-refractivity contribution in [1.82, 2.24) is 0 Å². The summed E-state index contributed by atoms with van der Waals surface area (Å²) in [7, 11) is 0. The number of anilines is 1. The van der Waals surface area contributed by atoms with Gasteiger partial charge in [0.15, 0.2) is 0 Å². The highest BCUT2D eigenvalue weighted by Gasteiger charge is 2.08. The highest BCUT2D eigenvalue weighted by Crippen LogP contribution is 2.31. The van der Waals surface area contributed by atoms with Gasteiger partial charge in [0.2, 0.25) is 0 Å². The molecule has 100 valence electrons. The van der Waals surface area contributed by atoms with Crippen LogP contribution in [0.4, 0.5) is 10.1 Å². The predicted octanol–water partition coefficient (Wildman–Crippen LogP) is 5.17. The van der Waals surface area contributed by atoms with Gasteiger partial charge in [-0.3, -0.25) is 0 Å². The molecule has 0 aliphatic carbocycles. The van der Waals surface area contributed by atoms with Gasteiger partial charge < -0.3 is 10.5 Å². The molecular weight excluding hydrogens is 400 g/mol. The lowest BCUT2D eigenvalue weighted by atomic mass is 10.2. The summed E-state index contributed by atoms with van der Waals surface area (Å²) in [5.41, 5.74) is 7.25. The van der Waals surface area contributed by atoms with E-state index in [4.69, 9.17) is 22.1 Å². The smallest absolute Gasteiger partial charge is 0.145 e. The summed E-state index contributed by atoms with van der Waals surface area (Å²) in [5.74, 6) is -0.130. The molecule has 0 radical (unpaired) electrons. The summed E-state index contributed by atoms with van der Waals surface area (Å²) in [4.78, 5) is 0. The van der Waals surface area contributed by atoms with E-state index in [2.05, 4.69) is 31.9 Å². The van der Waals surface area contributed by atoms with Crippen molar-refractivity contribution in [3.05, 3.63) is 55.7 Å². The van der Waals surface area contributed by atoms with Gasteiger partial charge in [-0.25, -0.2) is 4.39 Å². The van der Waals surface area contributed by atoms with Crippen molar-refractivity contribution < 1.29 is 9.13 Å². The van der Waals surface area contributed by atoms with Crippen molar-refractivity contribution in [3.8, 4) is 5.75 Å². The molecular formula is C13H9Br2ClFNO. The lowest BCUT2D eigenvalue weighted by Crippen LogP contribution is -1.98. The monoisotopic (exact) mass is 407 g/mol. The molecule has 2 rings (SSSR count). The van der Waals surface area contributed by atoms with Gasteiger partial charge in [0.05, 0.1) is 9.50 Å². The Bertz CT molecular complexity index is 602. The van der Waals surface area contributed by atoms with E-state index in [0.717, 1.165) is 10.0 Å². The van der Waals surface area contributed by atoms with Gasteiger partial charge in [0, 0.05) is 16.2 Å². The van der Waals surface area contributed by atoms with Crippen LogP contribution in [0, 0.1) is 5.82 Å². The number of rotatable bonds is 3. The Hall–Kier alpha value is -0.780. The SMILES string of the molecule is Nc1cc(Br)cc(COc2cc(F)c(Cl)cc2Br)c1. The Morgan fingerprint density at radius 3 is 2.58 bits per heavy atom. The van der Waals surface area contributed by atoms with Crippen molar-refractivity contribution in [2.24, 2.45) is 0 Å². The van der Waals surface area contributed by atoms with E-state index in [-0.39, 0.29) is 11.6 Å². The quantitative estimate of drug-likeness (QED) is 0.561. The largest absolute Gasteiger partial charge is 0.488 e. The standard InChI is InChI=1S/C13H9Br2ClFNO/c14-8-1-7(2-9(18)3-8)6-19-13-5-12(17)11(16)4-10(13)15/h1-5H,6,18H2. The van der Waals surface area contributed by atoms with Crippen molar-refractivity contribution in [2.45, 2.75) is 6.61 Å². The maximum atomic E-state index is 13.4. The van der Waals surface area contributed by atoms with Crippen LogP contribution in [0.15, 0.2) is 39.3 Å². The molecule has 2 aromatic carbocycles. The Labute approximate surface area is 132 Å². The minimum absolute atomic E-state index is 0.0472.